The summed E-state index contributed by atoms with van der Waals surface area (Å²) < 4.78 is 1.72. The molecule has 4 heteroatoms. The van der Waals surface area contributed by atoms with E-state index in [0.29, 0.717) is 0 Å². The van der Waals surface area contributed by atoms with E-state index in [-0.39, 0.29) is 5.56 Å². The summed E-state index contributed by atoms with van der Waals surface area (Å²) >= 11 is 1.71. The van der Waals surface area contributed by atoms with E-state index >= 15 is 0 Å². The highest BCUT2D eigenvalue weighted by Crippen LogP contribution is 2.33. The van der Waals surface area contributed by atoms with E-state index < -0.39 is 0 Å². The Bertz CT molecular complexity index is 952. The van der Waals surface area contributed by atoms with Gasteiger partial charge in [-0.05, 0) is 56.7 Å². The van der Waals surface area contributed by atoms with Crippen LogP contribution in [0.4, 0.5) is 0 Å². The van der Waals surface area contributed by atoms with Crippen molar-refractivity contribution in [2.45, 2.75) is 46.0 Å². The molecule has 3 nitrogen and oxygen atoms in total. The topological polar surface area (TPSA) is 34.9 Å². The lowest BCUT2D eigenvalue weighted by Crippen LogP contribution is -2.20. The Kier molecular flexibility index (Phi) is 3.57. The Balaban J connectivity index is 1.97. The molecular formula is C19H20N2OS. The van der Waals surface area contributed by atoms with Crippen molar-refractivity contribution >= 4 is 21.6 Å². The van der Waals surface area contributed by atoms with Crippen molar-refractivity contribution in [2.75, 3.05) is 0 Å². The van der Waals surface area contributed by atoms with Crippen LogP contribution in [0, 0.1) is 13.8 Å². The fraction of sp³-hybridized carbons (Fsp3) is 0.368. The lowest BCUT2D eigenvalue weighted by atomic mass is 10.1. The maximum absolute atomic E-state index is 13.1. The first-order valence-electron chi connectivity index (χ1n) is 8.24. The van der Waals surface area contributed by atoms with E-state index in [1.807, 2.05) is 19.1 Å². The van der Waals surface area contributed by atoms with Crippen LogP contribution in [0.25, 0.3) is 15.9 Å². The molecule has 0 saturated heterocycles. The van der Waals surface area contributed by atoms with Crippen LogP contribution in [0.1, 0.15) is 40.8 Å². The number of nitrogens with zero attached hydrogens (tertiary/aromatic N) is 2. The predicted molar refractivity (Wildman–Crippen MR) is 96.0 cm³/mol. The number of aryl methyl sites for hydroxylation is 4. The molecule has 2 heterocycles. The second-order valence-corrected chi connectivity index (χ2v) is 7.54. The van der Waals surface area contributed by atoms with Crippen molar-refractivity contribution in [3.63, 3.8) is 0 Å². The quantitative estimate of drug-likeness (QED) is 0.624. The van der Waals surface area contributed by atoms with Crippen LogP contribution in [0.5, 0.6) is 0 Å². The molecule has 1 aliphatic rings. The lowest BCUT2D eigenvalue weighted by Gasteiger charge is -2.10. The fourth-order valence-corrected chi connectivity index (χ4v) is 4.79. The second-order valence-electron chi connectivity index (χ2n) is 6.45. The summed E-state index contributed by atoms with van der Waals surface area (Å²) in [5.74, 6) is 0. The molecule has 3 aromatic rings. The van der Waals surface area contributed by atoms with Gasteiger partial charge in [0.2, 0.25) is 0 Å². The van der Waals surface area contributed by atoms with Crippen LogP contribution in [-0.2, 0) is 12.8 Å². The van der Waals surface area contributed by atoms with Gasteiger partial charge in [0, 0.05) is 4.88 Å². The molecule has 118 valence electrons. The molecule has 0 spiro atoms. The molecule has 0 radical (unpaired) electrons. The van der Waals surface area contributed by atoms with Crippen molar-refractivity contribution in [2.24, 2.45) is 0 Å². The smallest absolute Gasteiger partial charge is 0.266 e. The summed E-state index contributed by atoms with van der Waals surface area (Å²) in [6.07, 6.45) is 7.47. The van der Waals surface area contributed by atoms with E-state index in [4.69, 9.17) is 0 Å². The van der Waals surface area contributed by atoms with Gasteiger partial charge >= 0.3 is 0 Å². The Morgan fingerprint density at radius 3 is 2.78 bits per heavy atom. The monoisotopic (exact) mass is 324 g/mol. The number of thiophene rings is 1. The van der Waals surface area contributed by atoms with Crippen molar-refractivity contribution in [3.05, 3.63) is 56.4 Å². The zero-order chi connectivity index (χ0) is 16.0. The van der Waals surface area contributed by atoms with Gasteiger partial charge in [0.1, 0.15) is 11.2 Å². The highest BCUT2D eigenvalue weighted by molar-refractivity contribution is 7.18. The summed E-state index contributed by atoms with van der Waals surface area (Å²) in [7, 11) is 0. The fourth-order valence-electron chi connectivity index (χ4n) is 3.57. The minimum absolute atomic E-state index is 0.0846. The van der Waals surface area contributed by atoms with Gasteiger partial charge in [0.15, 0.2) is 0 Å². The highest BCUT2D eigenvalue weighted by Gasteiger charge is 2.19. The number of hydrogen-bond donors (Lipinski definition) is 0. The third-order valence-corrected chi connectivity index (χ3v) is 5.94. The number of fused-ring (bicyclic) bond motifs is 3. The molecule has 0 amide bonds. The molecule has 23 heavy (non-hydrogen) atoms. The van der Waals surface area contributed by atoms with Crippen LogP contribution < -0.4 is 5.56 Å². The average molecular weight is 324 g/mol. The van der Waals surface area contributed by atoms with Gasteiger partial charge in [-0.2, -0.15) is 0 Å². The Morgan fingerprint density at radius 1 is 1.13 bits per heavy atom. The first kappa shape index (κ1) is 14.6. The molecule has 0 saturated carbocycles. The maximum Gasteiger partial charge on any atom is 0.266 e. The van der Waals surface area contributed by atoms with Crippen LogP contribution in [0.15, 0.2) is 29.3 Å². The molecule has 2 aromatic heterocycles. The lowest BCUT2D eigenvalue weighted by molar-refractivity contribution is 0.713. The summed E-state index contributed by atoms with van der Waals surface area (Å²) in [5, 5.41) is 0.856. The summed E-state index contributed by atoms with van der Waals surface area (Å²) in [4.78, 5) is 20.0. The van der Waals surface area contributed by atoms with Crippen molar-refractivity contribution in [3.8, 4) is 5.69 Å². The van der Waals surface area contributed by atoms with Crippen molar-refractivity contribution in [1.82, 2.24) is 9.55 Å². The van der Waals surface area contributed by atoms with Gasteiger partial charge in [-0.25, -0.2) is 4.98 Å². The largest absolute Gasteiger partial charge is 0.268 e. The molecule has 0 N–H and O–H groups in total. The number of rotatable bonds is 1. The first-order chi connectivity index (χ1) is 11.1. The molecule has 0 bridgehead atoms. The van der Waals surface area contributed by atoms with Gasteiger partial charge in [-0.3, -0.25) is 9.36 Å². The van der Waals surface area contributed by atoms with Gasteiger partial charge in [-0.1, -0.05) is 24.1 Å². The standard InChI is InChI=1S/C19H20N2OS/c1-12-8-9-15(13(2)10-12)21-11-20-18-17(19(21)22)14-6-4-3-5-7-16(14)23-18/h8-11H,3-7H2,1-2H3. The van der Waals surface area contributed by atoms with Crippen molar-refractivity contribution < 1.29 is 0 Å². The van der Waals surface area contributed by atoms with E-state index in [0.717, 1.165) is 34.3 Å². The van der Waals surface area contributed by atoms with Crippen LogP contribution in [0.2, 0.25) is 0 Å². The number of benzene rings is 1. The van der Waals surface area contributed by atoms with Crippen LogP contribution in [-0.4, -0.2) is 9.55 Å². The first-order valence-corrected chi connectivity index (χ1v) is 9.06. The normalized spacial score (nSPS) is 14.7. The zero-order valence-corrected chi connectivity index (χ0v) is 14.4. The van der Waals surface area contributed by atoms with E-state index in [1.54, 1.807) is 22.2 Å². The Hall–Kier alpha value is -1.94. The van der Waals surface area contributed by atoms with Crippen LogP contribution in [0.3, 0.4) is 0 Å². The highest BCUT2D eigenvalue weighted by atomic mass is 32.1. The molecule has 1 aromatic carbocycles. The van der Waals surface area contributed by atoms with Gasteiger partial charge in [0.25, 0.3) is 5.56 Å². The third-order valence-electron chi connectivity index (χ3n) is 4.74. The average Bonchev–Trinajstić information content (AvgIpc) is 2.71. The molecule has 0 aliphatic heterocycles. The summed E-state index contributed by atoms with van der Waals surface area (Å²) in [6.45, 7) is 4.12. The molecule has 0 atom stereocenters. The van der Waals surface area contributed by atoms with Gasteiger partial charge in [0.05, 0.1) is 11.1 Å². The number of aromatic nitrogens is 2. The van der Waals surface area contributed by atoms with E-state index in [9.17, 15) is 4.79 Å². The van der Waals surface area contributed by atoms with E-state index in [1.165, 1.54) is 35.3 Å². The zero-order valence-electron chi connectivity index (χ0n) is 13.6. The number of hydrogen-bond acceptors (Lipinski definition) is 3. The molecular weight excluding hydrogens is 304 g/mol. The summed E-state index contributed by atoms with van der Waals surface area (Å²) in [5.41, 5.74) is 4.59. The van der Waals surface area contributed by atoms with Gasteiger partial charge in [-0.15, -0.1) is 11.3 Å². The minimum atomic E-state index is 0.0846. The van der Waals surface area contributed by atoms with E-state index in [2.05, 4.69) is 18.0 Å². The van der Waals surface area contributed by atoms with Gasteiger partial charge < -0.3 is 0 Å². The minimum Gasteiger partial charge on any atom is -0.268 e. The van der Waals surface area contributed by atoms with Crippen LogP contribution >= 0.6 is 11.3 Å². The Labute approximate surface area is 139 Å². The van der Waals surface area contributed by atoms with Crippen molar-refractivity contribution in [1.29, 1.82) is 0 Å². The maximum atomic E-state index is 13.1. The summed E-state index contributed by atoms with van der Waals surface area (Å²) in [6, 6.07) is 6.18. The molecule has 0 fully saturated rings. The molecule has 0 unspecified atom stereocenters. The molecule has 4 rings (SSSR count). The third kappa shape index (κ3) is 2.41. The predicted octanol–water partition coefficient (Wildman–Crippen LogP) is 4.33. The second kappa shape index (κ2) is 5.60. The SMILES string of the molecule is Cc1ccc(-n2cnc3sc4c(c3c2=O)CCCCC4)c(C)c1. The molecule has 1 aliphatic carbocycles. The Morgan fingerprint density at radius 2 is 1.96 bits per heavy atom.